The van der Waals surface area contributed by atoms with Crippen molar-refractivity contribution in [2.45, 2.75) is 36.6 Å². The molecular formula is C13H16ClNOS. The molecule has 1 amide bonds. The fourth-order valence-electron chi connectivity index (χ4n) is 2.32. The second kappa shape index (κ2) is 5.32. The van der Waals surface area contributed by atoms with E-state index in [-0.39, 0.29) is 5.91 Å². The maximum absolute atomic E-state index is 12.3. The normalized spacial score (nSPS) is 16.2. The summed E-state index contributed by atoms with van der Waals surface area (Å²) >= 11 is 10.3. The average Bonchev–Trinajstić information content (AvgIpc) is 2.84. The summed E-state index contributed by atoms with van der Waals surface area (Å²) in [5, 5.41) is 0.498. The van der Waals surface area contributed by atoms with Gasteiger partial charge in [0.1, 0.15) is 0 Å². The molecule has 2 rings (SSSR count). The molecule has 0 aromatic heterocycles. The van der Waals surface area contributed by atoms with Crippen LogP contribution < -0.4 is 0 Å². The molecule has 4 heteroatoms. The molecule has 2 nitrogen and oxygen atoms in total. The van der Waals surface area contributed by atoms with Crippen LogP contribution in [-0.2, 0) is 0 Å². The summed E-state index contributed by atoms with van der Waals surface area (Å²) in [5.41, 5.74) is 0.550. The van der Waals surface area contributed by atoms with Crippen LogP contribution in [0.3, 0.4) is 0 Å². The molecule has 1 aromatic rings. The van der Waals surface area contributed by atoms with Gasteiger partial charge in [0.15, 0.2) is 0 Å². The fourth-order valence-corrected chi connectivity index (χ4v) is 2.73. The Bertz CT molecular complexity index is 429. The van der Waals surface area contributed by atoms with Crippen LogP contribution in [0.1, 0.15) is 36.0 Å². The van der Waals surface area contributed by atoms with Gasteiger partial charge in [-0.25, -0.2) is 0 Å². The third-order valence-corrected chi connectivity index (χ3v) is 3.98. The van der Waals surface area contributed by atoms with Gasteiger partial charge in [-0.2, -0.15) is 0 Å². The zero-order valence-corrected chi connectivity index (χ0v) is 11.5. The van der Waals surface area contributed by atoms with E-state index in [2.05, 4.69) is 12.6 Å². The molecule has 17 heavy (non-hydrogen) atoms. The average molecular weight is 270 g/mol. The van der Waals surface area contributed by atoms with Crippen LogP contribution in [0, 0.1) is 0 Å². The van der Waals surface area contributed by atoms with E-state index in [0.29, 0.717) is 16.6 Å². The minimum absolute atomic E-state index is 0.00204. The zero-order valence-electron chi connectivity index (χ0n) is 9.82. The van der Waals surface area contributed by atoms with E-state index < -0.39 is 0 Å². The van der Waals surface area contributed by atoms with Crippen LogP contribution in [0.2, 0.25) is 5.02 Å². The Kier molecular flexibility index (Phi) is 4.00. The van der Waals surface area contributed by atoms with Gasteiger partial charge in [-0.1, -0.05) is 24.4 Å². The molecule has 1 saturated carbocycles. The molecule has 0 N–H and O–H groups in total. The molecule has 0 unspecified atom stereocenters. The molecular weight excluding hydrogens is 254 g/mol. The molecule has 0 spiro atoms. The van der Waals surface area contributed by atoms with Crippen LogP contribution in [0.4, 0.5) is 0 Å². The van der Waals surface area contributed by atoms with Gasteiger partial charge >= 0.3 is 0 Å². The number of carbonyl (C=O) groups excluding carboxylic acids is 1. The predicted molar refractivity (Wildman–Crippen MR) is 73.1 cm³/mol. The van der Waals surface area contributed by atoms with Crippen molar-refractivity contribution < 1.29 is 4.79 Å². The highest BCUT2D eigenvalue weighted by Crippen LogP contribution is 2.26. The second-order valence-corrected chi connectivity index (χ2v) is 5.44. The minimum atomic E-state index is -0.00204. The van der Waals surface area contributed by atoms with Gasteiger partial charge in [0.05, 0.1) is 10.6 Å². The lowest BCUT2D eigenvalue weighted by molar-refractivity contribution is 0.0735. The Morgan fingerprint density at radius 2 is 2.06 bits per heavy atom. The number of nitrogens with zero attached hydrogens (tertiary/aromatic N) is 1. The number of halogens is 1. The topological polar surface area (TPSA) is 20.3 Å². The van der Waals surface area contributed by atoms with E-state index in [9.17, 15) is 4.79 Å². The number of hydrogen-bond donors (Lipinski definition) is 1. The van der Waals surface area contributed by atoms with Crippen molar-refractivity contribution in [3.63, 3.8) is 0 Å². The summed E-state index contributed by atoms with van der Waals surface area (Å²) in [6.07, 6.45) is 4.62. The molecule has 92 valence electrons. The highest BCUT2D eigenvalue weighted by Gasteiger charge is 2.25. The zero-order chi connectivity index (χ0) is 12.4. The number of hydrogen-bond acceptors (Lipinski definition) is 2. The van der Waals surface area contributed by atoms with Crippen molar-refractivity contribution in [3.05, 3.63) is 28.8 Å². The SMILES string of the molecule is CN(C(=O)c1cc(S)ccc1Cl)C1CCCC1. The summed E-state index contributed by atoms with van der Waals surface area (Å²) in [5.74, 6) is -0.00204. The van der Waals surface area contributed by atoms with E-state index in [0.717, 1.165) is 17.7 Å². The fraction of sp³-hybridized carbons (Fsp3) is 0.462. The smallest absolute Gasteiger partial charge is 0.255 e. The molecule has 1 aliphatic carbocycles. The Morgan fingerprint density at radius 1 is 1.41 bits per heavy atom. The monoisotopic (exact) mass is 269 g/mol. The molecule has 0 aliphatic heterocycles. The third kappa shape index (κ3) is 2.78. The first-order chi connectivity index (χ1) is 8.09. The second-order valence-electron chi connectivity index (χ2n) is 4.52. The summed E-state index contributed by atoms with van der Waals surface area (Å²) in [7, 11) is 1.86. The first-order valence-electron chi connectivity index (χ1n) is 5.85. The van der Waals surface area contributed by atoms with E-state index in [1.54, 1.807) is 18.2 Å². The molecule has 0 atom stereocenters. The van der Waals surface area contributed by atoms with Crippen molar-refractivity contribution in [1.29, 1.82) is 0 Å². The Hall–Kier alpha value is -0.670. The van der Waals surface area contributed by atoms with Gasteiger partial charge in [-0.3, -0.25) is 4.79 Å². The lowest BCUT2D eigenvalue weighted by Gasteiger charge is -2.24. The summed E-state index contributed by atoms with van der Waals surface area (Å²) in [4.78, 5) is 14.9. The lowest BCUT2D eigenvalue weighted by atomic mass is 10.1. The van der Waals surface area contributed by atoms with Crippen LogP contribution in [0.25, 0.3) is 0 Å². The van der Waals surface area contributed by atoms with Crippen molar-refractivity contribution in [2.24, 2.45) is 0 Å². The van der Waals surface area contributed by atoms with Gasteiger partial charge in [0.25, 0.3) is 5.91 Å². The first kappa shape index (κ1) is 12.8. The quantitative estimate of drug-likeness (QED) is 0.813. The Labute approximate surface area is 112 Å². The maximum Gasteiger partial charge on any atom is 0.255 e. The summed E-state index contributed by atoms with van der Waals surface area (Å²) < 4.78 is 0. The van der Waals surface area contributed by atoms with Gasteiger partial charge in [0, 0.05) is 18.0 Å². The highest BCUT2D eigenvalue weighted by atomic mass is 35.5. The molecule has 0 heterocycles. The Balaban J connectivity index is 2.20. The van der Waals surface area contributed by atoms with Crippen molar-refractivity contribution in [2.75, 3.05) is 7.05 Å². The molecule has 0 saturated heterocycles. The molecule has 0 bridgehead atoms. The minimum Gasteiger partial charge on any atom is -0.339 e. The summed E-state index contributed by atoms with van der Waals surface area (Å²) in [6, 6.07) is 5.61. The molecule has 0 radical (unpaired) electrons. The molecule has 1 fully saturated rings. The summed E-state index contributed by atoms with van der Waals surface area (Å²) in [6.45, 7) is 0. The largest absolute Gasteiger partial charge is 0.339 e. The number of carbonyl (C=O) groups is 1. The number of thiol groups is 1. The van der Waals surface area contributed by atoms with Crippen molar-refractivity contribution >= 4 is 30.1 Å². The highest BCUT2D eigenvalue weighted by molar-refractivity contribution is 7.80. The van der Waals surface area contributed by atoms with Crippen molar-refractivity contribution in [3.8, 4) is 0 Å². The molecule has 1 aromatic carbocycles. The van der Waals surface area contributed by atoms with Crippen LogP contribution in [0.15, 0.2) is 23.1 Å². The third-order valence-electron chi connectivity index (χ3n) is 3.37. The van der Waals surface area contributed by atoms with Crippen molar-refractivity contribution in [1.82, 2.24) is 4.90 Å². The standard InChI is InChI=1S/C13H16ClNOS/c1-15(9-4-2-3-5-9)13(16)11-8-10(17)6-7-12(11)14/h6-9,17H,2-5H2,1H3. The first-order valence-corrected chi connectivity index (χ1v) is 6.68. The van der Waals surface area contributed by atoms with E-state index in [1.165, 1.54) is 12.8 Å². The predicted octanol–water partition coefficient (Wildman–Crippen LogP) is 3.64. The lowest BCUT2D eigenvalue weighted by Crippen LogP contribution is -2.35. The van der Waals surface area contributed by atoms with Crippen LogP contribution in [0.5, 0.6) is 0 Å². The van der Waals surface area contributed by atoms with E-state index in [4.69, 9.17) is 11.6 Å². The van der Waals surface area contributed by atoms with Gasteiger partial charge in [-0.15, -0.1) is 12.6 Å². The van der Waals surface area contributed by atoms with Crippen LogP contribution >= 0.6 is 24.2 Å². The van der Waals surface area contributed by atoms with Gasteiger partial charge < -0.3 is 4.90 Å². The van der Waals surface area contributed by atoms with E-state index >= 15 is 0 Å². The van der Waals surface area contributed by atoms with E-state index in [1.807, 2.05) is 11.9 Å². The number of amides is 1. The number of rotatable bonds is 2. The molecule has 1 aliphatic rings. The Morgan fingerprint density at radius 3 is 2.71 bits per heavy atom. The van der Waals surface area contributed by atoms with Crippen LogP contribution in [-0.4, -0.2) is 23.9 Å². The van der Waals surface area contributed by atoms with Gasteiger partial charge in [-0.05, 0) is 31.0 Å². The number of benzene rings is 1. The van der Waals surface area contributed by atoms with Gasteiger partial charge in [0.2, 0.25) is 0 Å². The maximum atomic E-state index is 12.3.